The number of rotatable bonds is 6. The van der Waals surface area contributed by atoms with Crippen molar-refractivity contribution in [3.63, 3.8) is 0 Å². The standard InChI is InChI=1S/C12H19N3S/c1-10(2)15(8-6-12(13)16)9-11-5-3-4-7-14-11/h3-5,7,10H,6,8-9H2,1-2H3,(H2,13,16). The number of aromatic nitrogens is 1. The molecule has 0 saturated heterocycles. The predicted octanol–water partition coefficient (Wildman–Crippen LogP) is 1.97. The number of hydrogen-bond donors (Lipinski definition) is 1. The Hall–Kier alpha value is -1.00. The Morgan fingerprint density at radius 3 is 2.75 bits per heavy atom. The minimum Gasteiger partial charge on any atom is -0.393 e. The van der Waals surface area contributed by atoms with Crippen LogP contribution in [0.1, 0.15) is 26.0 Å². The largest absolute Gasteiger partial charge is 0.393 e. The molecule has 16 heavy (non-hydrogen) atoms. The molecule has 0 aliphatic rings. The van der Waals surface area contributed by atoms with Gasteiger partial charge in [0, 0.05) is 31.7 Å². The molecule has 2 N–H and O–H groups in total. The first kappa shape index (κ1) is 13.1. The molecular formula is C12H19N3S. The molecule has 0 fully saturated rings. The fraction of sp³-hybridized carbons (Fsp3) is 0.500. The van der Waals surface area contributed by atoms with Crippen LogP contribution >= 0.6 is 12.2 Å². The van der Waals surface area contributed by atoms with Crippen molar-refractivity contribution in [3.8, 4) is 0 Å². The summed E-state index contributed by atoms with van der Waals surface area (Å²) < 4.78 is 0. The molecule has 0 bridgehead atoms. The molecule has 0 radical (unpaired) electrons. The van der Waals surface area contributed by atoms with Gasteiger partial charge in [0.25, 0.3) is 0 Å². The van der Waals surface area contributed by atoms with Crippen LogP contribution in [0.5, 0.6) is 0 Å². The molecule has 1 aromatic heterocycles. The molecule has 0 aliphatic heterocycles. The van der Waals surface area contributed by atoms with E-state index in [-0.39, 0.29) is 0 Å². The topological polar surface area (TPSA) is 42.1 Å². The van der Waals surface area contributed by atoms with E-state index in [1.807, 2.05) is 24.4 Å². The molecule has 1 aromatic rings. The van der Waals surface area contributed by atoms with Crippen molar-refractivity contribution in [1.29, 1.82) is 0 Å². The lowest BCUT2D eigenvalue weighted by molar-refractivity contribution is 0.217. The van der Waals surface area contributed by atoms with Crippen LogP contribution in [0.4, 0.5) is 0 Å². The molecule has 0 saturated carbocycles. The molecule has 4 heteroatoms. The van der Waals surface area contributed by atoms with Crippen molar-refractivity contribution >= 4 is 17.2 Å². The van der Waals surface area contributed by atoms with E-state index in [0.717, 1.165) is 25.2 Å². The SMILES string of the molecule is CC(C)N(CCC(N)=S)Cc1ccccn1. The van der Waals surface area contributed by atoms with Gasteiger partial charge in [-0.2, -0.15) is 0 Å². The normalized spacial score (nSPS) is 11.0. The molecule has 88 valence electrons. The highest BCUT2D eigenvalue weighted by Crippen LogP contribution is 2.06. The zero-order chi connectivity index (χ0) is 12.0. The first-order chi connectivity index (χ1) is 7.59. The summed E-state index contributed by atoms with van der Waals surface area (Å²) in [6.07, 6.45) is 2.59. The molecule has 1 rings (SSSR count). The number of pyridine rings is 1. The first-order valence-corrected chi connectivity index (χ1v) is 5.92. The van der Waals surface area contributed by atoms with Crippen LogP contribution in [0.3, 0.4) is 0 Å². The Kier molecular flexibility index (Phi) is 5.35. The third-order valence-electron chi connectivity index (χ3n) is 2.47. The van der Waals surface area contributed by atoms with Gasteiger partial charge >= 0.3 is 0 Å². The lowest BCUT2D eigenvalue weighted by atomic mass is 10.2. The lowest BCUT2D eigenvalue weighted by Gasteiger charge is -2.25. The highest BCUT2D eigenvalue weighted by atomic mass is 32.1. The van der Waals surface area contributed by atoms with Gasteiger partial charge in [-0.3, -0.25) is 9.88 Å². The van der Waals surface area contributed by atoms with Crippen LogP contribution < -0.4 is 5.73 Å². The Morgan fingerprint density at radius 2 is 2.25 bits per heavy atom. The minimum absolute atomic E-state index is 0.469. The van der Waals surface area contributed by atoms with Gasteiger partial charge < -0.3 is 5.73 Å². The first-order valence-electron chi connectivity index (χ1n) is 5.52. The third kappa shape index (κ3) is 4.68. The van der Waals surface area contributed by atoms with Gasteiger partial charge in [-0.1, -0.05) is 18.3 Å². The monoisotopic (exact) mass is 237 g/mol. The summed E-state index contributed by atoms with van der Waals surface area (Å²) in [5.74, 6) is 0. The van der Waals surface area contributed by atoms with E-state index in [1.165, 1.54) is 0 Å². The molecule has 0 unspecified atom stereocenters. The summed E-state index contributed by atoms with van der Waals surface area (Å²) >= 11 is 4.90. The number of nitrogens with two attached hydrogens (primary N) is 1. The second-order valence-corrected chi connectivity index (χ2v) is 4.63. The van der Waals surface area contributed by atoms with Crippen LogP contribution in [0.25, 0.3) is 0 Å². The fourth-order valence-corrected chi connectivity index (χ4v) is 1.56. The summed E-state index contributed by atoms with van der Waals surface area (Å²) in [4.78, 5) is 7.22. The summed E-state index contributed by atoms with van der Waals surface area (Å²) in [5, 5.41) is 0. The summed E-state index contributed by atoms with van der Waals surface area (Å²) in [7, 11) is 0. The Morgan fingerprint density at radius 1 is 1.50 bits per heavy atom. The Balaban J connectivity index is 2.54. The average Bonchev–Trinajstić information content (AvgIpc) is 2.25. The summed E-state index contributed by atoms with van der Waals surface area (Å²) in [6.45, 7) is 6.08. The highest BCUT2D eigenvalue weighted by molar-refractivity contribution is 7.80. The molecule has 0 aromatic carbocycles. The third-order valence-corrected chi connectivity index (χ3v) is 2.67. The lowest BCUT2D eigenvalue weighted by Crippen LogP contribution is -2.33. The Bertz CT molecular complexity index is 324. The molecule has 0 amide bonds. The number of thiocarbonyl (C=S) groups is 1. The van der Waals surface area contributed by atoms with Gasteiger partial charge in [0.15, 0.2) is 0 Å². The van der Waals surface area contributed by atoms with Gasteiger partial charge in [0.05, 0.1) is 10.7 Å². The molecule has 0 aliphatic carbocycles. The molecule has 3 nitrogen and oxygen atoms in total. The fourth-order valence-electron chi connectivity index (χ4n) is 1.47. The molecule has 0 atom stereocenters. The Labute approximate surface area is 103 Å². The van der Waals surface area contributed by atoms with Crippen molar-refractivity contribution < 1.29 is 0 Å². The van der Waals surface area contributed by atoms with Crippen molar-refractivity contribution in [2.75, 3.05) is 6.54 Å². The maximum atomic E-state index is 5.52. The predicted molar refractivity (Wildman–Crippen MR) is 71.2 cm³/mol. The van der Waals surface area contributed by atoms with E-state index < -0.39 is 0 Å². The molecule has 0 spiro atoms. The van der Waals surface area contributed by atoms with Gasteiger partial charge in [-0.05, 0) is 26.0 Å². The second kappa shape index (κ2) is 6.55. The van der Waals surface area contributed by atoms with Gasteiger partial charge in [0.2, 0.25) is 0 Å². The zero-order valence-electron chi connectivity index (χ0n) is 9.89. The van der Waals surface area contributed by atoms with Gasteiger partial charge in [-0.15, -0.1) is 0 Å². The number of hydrogen-bond acceptors (Lipinski definition) is 3. The number of nitrogens with zero attached hydrogens (tertiary/aromatic N) is 2. The van der Waals surface area contributed by atoms with Crippen molar-refractivity contribution in [2.24, 2.45) is 5.73 Å². The van der Waals surface area contributed by atoms with Crippen molar-refractivity contribution in [3.05, 3.63) is 30.1 Å². The van der Waals surface area contributed by atoms with Crippen molar-refractivity contribution in [2.45, 2.75) is 32.9 Å². The van der Waals surface area contributed by atoms with E-state index in [0.29, 0.717) is 11.0 Å². The van der Waals surface area contributed by atoms with Crippen LogP contribution in [-0.4, -0.2) is 27.5 Å². The maximum Gasteiger partial charge on any atom is 0.0740 e. The molecule has 1 heterocycles. The van der Waals surface area contributed by atoms with Crippen LogP contribution in [-0.2, 0) is 6.54 Å². The smallest absolute Gasteiger partial charge is 0.0740 e. The van der Waals surface area contributed by atoms with Crippen molar-refractivity contribution in [1.82, 2.24) is 9.88 Å². The minimum atomic E-state index is 0.469. The van der Waals surface area contributed by atoms with Crippen LogP contribution in [0, 0.1) is 0 Å². The van der Waals surface area contributed by atoms with E-state index in [2.05, 4.69) is 23.7 Å². The van der Waals surface area contributed by atoms with Crippen LogP contribution in [0.15, 0.2) is 24.4 Å². The summed E-state index contributed by atoms with van der Waals surface area (Å²) in [5.41, 5.74) is 6.61. The van der Waals surface area contributed by atoms with Gasteiger partial charge in [0.1, 0.15) is 0 Å². The van der Waals surface area contributed by atoms with Gasteiger partial charge in [-0.25, -0.2) is 0 Å². The molecular weight excluding hydrogens is 218 g/mol. The maximum absolute atomic E-state index is 5.52. The highest BCUT2D eigenvalue weighted by Gasteiger charge is 2.10. The second-order valence-electron chi connectivity index (χ2n) is 4.10. The quantitative estimate of drug-likeness (QED) is 0.768. The van der Waals surface area contributed by atoms with E-state index in [9.17, 15) is 0 Å². The van der Waals surface area contributed by atoms with E-state index >= 15 is 0 Å². The average molecular weight is 237 g/mol. The van der Waals surface area contributed by atoms with Crippen LogP contribution in [0.2, 0.25) is 0 Å². The summed E-state index contributed by atoms with van der Waals surface area (Å²) in [6, 6.07) is 6.44. The van der Waals surface area contributed by atoms with E-state index in [4.69, 9.17) is 18.0 Å². The van der Waals surface area contributed by atoms with E-state index in [1.54, 1.807) is 0 Å². The zero-order valence-corrected chi connectivity index (χ0v) is 10.7.